The Labute approximate surface area is 196 Å². The van der Waals surface area contributed by atoms with Gasteiger partial charge in [0, 0.05) is 17.6 Å². The van der Waals surface area contributed by atoms with E-state index < -0.39 is 5.97 Å². The summed E-state index contributed by atoms with van der Waals surface area (Å²) in [5.41, 5.74) is 5.42. The van der Waals surface area contributed by atoms with Crippen molar-refractivity contribution >= 4 is 40.3 Å². The Hall–Kier alpha value is -3.46. The molecule has 0 radical (unpaired) electrons. The molecule has 4 aromatic rings. The van der Waals surface area contributed by atoms with Crippen LogP contribution >= 0.6 is 11.8 Å². The monoisotopic (exact) mass is 462 g/mol. The molecule has 9 heteroatoms. The summed E-state index contributed by atoms with van der Waals surface area (Å²) < 4.78 is 6.92. The Morgan fingerprint density at radius 3 is 2.61 bits per heavy atom. The average molecular weight is 463 g/mol. The van der Waals surface area contributed by atoms with Crippen molar-refractivity contribution in [1.29, 1.82) is 0 Å². The number of esters is 1. The summed E-state index contributed by atoms with van der Waals surface area (Å²) in [6.45, 7) is 10.2. The number of hydrogen-bond acceptors (Lipinski definition) is 8. The average Bonchev–Trinajstić information content (AvgIpc) is 3.14. The molecular formula is C24H26N6O2S. The zero-order chi connectivity index (χ0) is 23.7. The first kappa shape index (κ1) is 22.7. The first-order chi connectivity index (χ1) is 15.8. The standard InChI is InChI=1S/C24H26N6O2S/c1-7-32-23(31)18-12-25-24(33-6)28-22(18)27-20-11-16(5)29-30(20)19-10-14(3)17-9-13(2)8-15(4)21(17)26-19/h8-12H,7H2,1-6H3,(H,25,27,28). The number of hydrogen-bond donors (Lipinski definition) is 1. The highest BCUT2D eigenvalue weighted by atomic mass is 32.2. The predicted octanol–water partition coefficient (Wildman–Crippen LogP) is 5.09. The van der Waals surface area contributed by atoms with Crippen molar-refractivity contribution in [3.8, 4) is 5.82 Å². The summed E-state index contributed by atoms with van der Waals surface area (Å²) in [6.07, 6.45) is 3.36. The van der Waals surface area contributed by atoms with E-state index in [9.17, 15) is 4.79 Å². The minimum atomic E-state index is -0.485. The van der Waals surface area contributed by atoms with Gasteiger partial charge in [-0.05, 0) is 64.1 Å². The molecule has 8 nitrogen and oxygen atoms in total. The molecule has 1 N–H and O–H groups in total. The van der Waals surface area contributed by atoms with Crippen molar-refractivity contribution in [2.75, 3.05) is 18.2 Å². The lowest BCUT2D eigenvalue weighted by Gasteiger charge is -2.14. The molecule has 0 fully saturated rings. The fourth-order valence-corrected chi connectivity index (χ4v) is 4.08. The normalized spacial score (nSPS) is 11.1. The maximum atomic E-state index is 12.5. The quantitative estimate of drug-likeness (QED) is 0.241. The van der Waals surface area contributed by atoms with E-state index in [4.69, 9.17) is 9.72 Å². The molecule has 0 saturated heterocycles. The Morgan fingerprint density at radius 2 is 1.88 bits per heavy atom. The maximum Gasteiger partial charge on any atom is 0.343 e. The van der Waals surface area contributed by atoms with Gasteiger partial charge in [0.1, 0.15) is 11.4 Å². The van der Waals surface area contributed by atoms with Crippen molar-refractivity contribution in [2.45, 2.75) is 39.8 Å². The Balaban J connectivity index is 1.82. The lowest BCUT2D eigenvalue weighted by Crippen LogP contribution is -2.12. The molecule has 0 aliphatic heterocycles. The van der Waals surface area contributed by atoms with Crippen LogP contribution in [0, 0.1) is 27.7 Å². The summed E-state index contributed by atoms with van der Waals surface area (Å²) in [5, 5.41) is 9.58. The Morgan fingerprint density at radius 1 is 1.09 bits per heavy atom. The smallest absolute Gasteiger partial charge is 0.343 e. The SMILES string of the molecule is CCOC(=O)c1cnc(SC)nc1Nc1cc(C)nn1-c1cc(C)c2cc(C)cc(C)c2n1. The molecule has 0 aliphatic rings. The highest BCUT2D eigenvalue weighted by Gasteiger charge is 2.19. The molecule has 33 heavy (non-hydrogen) atoms. The second-order valence-electron chi connectivity index (χ2n) is 7.82. The van der Waals surface area contributed by atoms with Crippen molar-refractivity contribution in [3.05, 3.63) is 58.4 Å². The van der Waals surface area contributed by atoms with Crippen LogP contribution in [-0.4, -0.2) is 43.6 Å². The molecule has 0 aliphatic carbocycles. The summed E-state index contributed by atoms with van der Waals surface area (Å²) in [6, 6.07) is 8.18. The fourth-order valence-electron chi connectivity index (χ4n) is 3.74. The first-order valence-electron chi connectivity index (χ1n) is 10.6. The van der Waals surface area contributed by atoms with Gasteiger partial charge < -0.3 is 10.1 Å². The van der Waals surface area contributed by atoms with Gasteiger partial charge in [0.25, 0.3) is 0 Å². The zero-order valence-corrected chi connectivity index (χ0v) is 20.4. The summed E-state index contributed by atoms with van der Waals surface area (Å²) in [7, 11) is 0. The first-order valence-corrected chi connectivity index (χ1v) is 11.8. The molecule has 0 spiro atoms. The molecular weight excluding hydrogens is 436 g/mol. The van der Waals surface area contributed by atoms with E-state index in [-0.39, 0.29) is 12.2 Å². The minimum absolute atomic E-state index is 0.258. The number of fused-ring (bicyclic) bond motifs is 1. The number of aryl methyl sites for hydroxylation is 4. The zero-order valence-electron chi connectivity index (χ0n) is 19.6. The number of nitrogens with one attached hydrogen (secondary N) is 1. The van der Waals surface area contributed by atoms with E-state index >= 15 is 0 Å². The topological polar surface area (TPSA) is 94.8 Å². The van der Waals surface area contributed by atoms with Gasteiger partial charge in [-0.1, -0.05) is 23.4 Å². The molecule has 0 saturated carbocycles. The van der Waals surface area contributed by atoms with Gasteiger partial charge in [-0.25, -0.2) is 19.7 Å². The minimum Gasteiger partial charge on any atom is -0.462 e. The Bertz CT molecular complexity index is 1370. The van der Waals surface area contributed by atoms with Gasteiger partial charge in [-0.2, -0.15) is 9.78 Å². The van der Waals surface area contributed by atoms with Crippen LogP contribution in [0.2, 0.25) is 0 Å². The van der Waals surface area contributed by atoms with Crippen LogP contribution in [-0.2, 0) is 4.74 Å². The van der Waals surface area contributed by atoms with Crippen molar-refractivity contribution in [3.63, 3.8) is 0 Å². The lowest BCUT2D eigenvalue weighted by atomic mass is 10.0. The van der Waals surface area contributed by atoms with Gasteiger partial charge in [0.15, 0.2) is 16.8 Å². The lowest BCUT2D eigenvalue weighted by molar-refractivity contribution is 0.0526. The number of nitrogens with zero attached hydrogens (tertiary/aromatic N) is 5. The van der Waals surface area contributed by atoms with Gasteiger partial charge in [0.2, 0.25) is 0 Å². The van der Waals surface area contributed by atoms with E-state index in [1.165, 1.54) is 23.5 Å². The maximum absolute atomic E-state index is 12.5. The number of pyridine rings is 1. The molecule has 170 valence electrons. The van der Waals surface area contributed by atoms with E-state index in [0.29, 0.717) is 22.6 Å². The number of carbonyl (C=O) groups excluding carboxylic acids is 1. The molecule has 4 rings (SSSR count). The summed E-state index contributed by atoms with van der Waals surface area (Å²) in [4.78, 5) is 26.1. The van der Waals surface area contributed by atoms with E-state index in [2.05, 4.69) is 53.3 Å². The number of thioether (sulfide) groups is 1. The van der Waals surface area contributed by atoms with Crippen LogP contribution in [0.3, 0.4) is 0 Å². The number of anilines is 2. The van der Waals surface area contributed by atoms with Gasteiger partial charge >= 0.3 is 5.97 Å². The second kappa shape index (κ2) is 9.19. The molecule has 3 aromatic heterocycles. The van der Waals surface area contributed by atoms with E-state index in [0.717, 1.165) is 27.7 Å². The highest BCUT2D eigenvalue weighted by molar-refractivity contribution is 7.98. The van der Waals surface area contributed by atoms with Crippen LogP contribution in [0.5, 0.6) is 0 Å². The summed E-state index contributed by atoms with van der Waals surface area (Å²) >= 11 is 1.39. The fraction of sp³-hybridized carbons (Fsp3) is 0.292. The number of aromatic nitrogens is 5. The van der Waals surface area contributed by atoms with Crippen LogP contribution in [0.15, 0.2) is 35.6 Å². The molecule has 3 heterocycles. The molecule has 1 aromatic carbocycles. The van der Waals surface area contributed by atoms with Crippen LogP contribution in [0.1, 0.15) is 39.7 Å². The number of carbonyl (C=O) groups is 1. The third-order valence-electron chi connectivity index (χ3n) is 5.18. The Kier molecular flexibility index (Phi) is 6.33. The molecule has 0 bridgehead atoms. The van der Waals surface area contributed by atoms with Crippen LogP contribution < -0.4 is 5.32 Å². The number of rotatable bonds is 6. The molecule has 0 atom stereocenters. The third kappa shape index (κ3) is 4.54. The number of benzene rings is 1. The van der Waals surface area contributed by atoms with Gasteiger partial charge in [-0.15, -0.1) is 0 Å². The van der Waals surface area contributed by atoms with Crippen molar-refractivity contribution in [2.24, 2.45) is 0 Å². The largest absolute Gasteiger partial charge is 0.462 e. The molecule has 0 unspecified atom stereocenters. The second-order valence-corrected chi connectivity index (χ2v) is 8.60. The number of ether oxygens (including phenoxy) is 1. The van der Waals surface area contributed by atoms with Crippen LogP contribution in [0.25, 0.3) is 16.7 Å². The third-order valence-corrected chi connectivity index (χ3v) is 5.74. The molecule has 0 amide bonds. The van der Waals surface area contributed by atoms with Gasteiger partial charge in [0.05, 0.1) is 17.8 Å². The van der Waals surface area contributed by atoms with Crippen molar-refractivity contribution < 1.29 is 9.53 Å². The highest BCUT2D eigenvalue weighted by Crippen LogP contribution is 2.28. The summed E-state index contributed by atoms with van der Waals surface area (Å²) in [5.74, 6) is 1.19. The van der Waals surface area contributed by atoms with Gasteiger partial charge in [-0.3, -0.25) is 0 Å². The van der Waals surface area contributed by atoms with Crippen molar-refractivity contribution in [1.82, 2.24) is 24.7 Å². The van der Waals surface area contributed by atoms with E-state index in [1.54, 1.807) is 11.6 Å². The predicted molar refractivity (Wildman–Crippen MR) is 131 cm³/mol. The van der Waals surface area contributed by atoms with Crippen LogP contribution in [0.4, 0.5) is 11.6 Å². The van der Waals surface area contributed by atoms with E-state index in [1.807, 2.05) is 25.3 Å².